The Morgan fingerprint density at radius 3 is 1.57 bits per heavy atom. The highest BCUT2D eigenvalue weighted by Gasteiger charge is 2.44. The highest BCUT2D eigenvalue weighted by Crippen LogP contribution is 2.46. The second-order valence-electron chi connectivity index (χ2n) is 8.33. The van der Waals surface area contributed by atoms with Gasteiger partial charge >= 0.3 is 0 Å². The van der Waals surface area contributed by atoms with Gasteiger partial charge < -0.3 is 28.4 Å². The molecule has 1 aliphatic heterocycles. The molecule has 0 aromatic rings. The highest BCUT2D eigenvalue weighted by atomic mass is 16.6. The van der Waals surface area contributed by atoms with Gasteiger partial charge in [0.1, 0.15) is 0 Å². The second-order valence-corrected chi connectivity index (χ2v) is 8.33. The van der Waals surface area contributed by atoms with Crippen LogP contribution in [0.15, 0.2) is 12.2 Å². The maximum atomic E-state index is 6.24. The van der Waals surface area contributed by atoms with Crippen LogP contribution in [0.25, 0.3) is 0 Å². The molecule has 3 rings (SSSR count). The summed E-state index contributed by atoms with van der Waals surface area (Å²) in [6.07, 6.45) is 8.80. The first-order valence-electron chi connectivity index (χ1n) is 10.8. The van der Waals surface area contributed by atoms with Gasteiger partial charge in [0.2, 0.25) is 0 Å². The maximum Gasteiger partial charge on any atom is 0.0840 e. The summed E-state index contributed by atoms with van der Waals surface area (Å²) in [5, 5.41) is 0. The summed E-state index contributed by atoms with van der Waals surface area (Å²) in [6, 6.07) is 0. The minimum absolute atomic E-state index is 0.144. The van der Waals surface area contributed by atoms with Crippen molar-refractivity contribution in [2.75, 3.05) is 67.1 Å². The lowest BCUT2D eigenvalue weighted by Crippen LogP contribution is -2.47. The van der Waals surface area contributed by atoms with E-state index in [1.54, 1.807) is 14.2 Å². The molecule has 0 aromatic heterocycles. The Kier molecular flexibility index (Phi) is 9.71. The van der Waals surface area contributed by atoms with Crippen molar-refractivity contribution in [3.8, 4) is 0 Å². The monoisotopic (exact) mass is 398 g/mol. The van der Waals surface area contributed by atoms with Crippen LogP contribution in [-0.2, 0) is 28.4 Å². The average molecular weight is 399 g/mol. The minimum Gasteiger partial charge on any atom is -0.384 e. The molecule has 3 aliphatic rings. The third-order valence-electron chi connectivity index (χ3n) is 6.50. The molecule has 6 atom stereocenters. The zero-order valence-corrected chi connectivity index (χ0v) is 17.6. The number of hydrogen-bond donors (Lipinski definition) is 0. The van der Waals surface area contributed by atoms with E-state index in [2.05, 4.69) is 0 Å². The summed E-state index contributed by atoms with van der Waals surface area (Å²) in [4.78, 5) is 0. The molecule has 0 saturated heterocycles. The van der Waals surface area contributed by atoms with Crippen LogP contribution < -0.4 is 0 Å². The quantitative estimate of drug-likeness (QED) is 0.679. The first-order valence-corrected chi connectivity index (χ1v) is 10.8. The van der Waals surface area contributed by atoms with Gasteiger partial charge in [-0.3, -0.25) is 0 Å². The minimum atomic E-state index is 0.144. The number of hydrogen-bond acceptors (Lipinski definition) is 6. The zero-order chi connectivity index (χ0) is 19.6. The molecule has 6 nitrogen and oxygen atoms in total. The standard InChI is InChI=1S/C22H38O6/c1-23-15-19-11-17-13-21-22(14-18(17)12-20(19)16-24-2)28-10-8-26-6-4-3-5-25-7-9-27-21/h3-4,17-22H,5-16H2,1-2H3/b4-3-/t17-,18+,19-,20-,21-,22-/m1/s1. The summed E-state index contributed by atoms with van der Waals surface area (Å²) in [7, 11) is 3.61. The van der Waals surface area contributed by atoms with Crippen molar-refractivity contribution in [1.82, 2.24) is 0 Å². The lowest BCUT2D eigenvalue weighted by Gasteiger charge is -2.48. The molecule has 28 heavy (non-hydrogen) atoms. The normalized spacial score (nSPS) is 39.4. The van der Waals surface area contributed by atoms with Crippen LogP contribution in [0.4, 0.5) is 0 Å². The highest BCUT2D eigenvalue weighted by molar-refractivity contribution is 4.94. The molecule has 0 N–H and O–H groups in total. The zero-order valence-electron chi connectivity index (χ0n) is 17.6. The van der Waals surface area contributed by atoms with Gasteiger partial charge in [-0.05, 0) is 49.4 Å². The van der Waals surface area contributed by atoms with Crippen molar-refractivity contribution in [2.45, 2.75) is 37.9 Å². The molecule has 0 aromatic carbocycles. The van der Waals surface area contributed by atoms with Crippen LogP contribution >= 0.6 is 0 Å². The largest absolute Gasteiger partial charge is 0.384 e. The lowest BCUT2D eigenvalue weighted by molar-refractivity contribution is -0.142. The van der Waals surface area contributed by atoms with E-state index in [9.17, 15) is 0 Å². The van der Waals surface area contributed by atoms with Crippen LogP contribution in [0, 0.1) is 23.7 Å². The predicted molar refractivity (Wildman–Crippen MR) is 106 cm³/mol. The van der Waals surface area contributed by atoms with E-state index < -0.39 is 0 Å². The van der Waals surface area contributed by atoms with Crippen LogP contribution in [0.2, 0.25) is 0 Å². The number of fused-ring (bicyclic) bond motifs is 2. The fraction of sp³-hybridized carbons (Fsp3) is 0.909. The Labute approximate surface area is 169 Å². The molecule has 0 spiro atoms. The first kappa shape index (κ1) is 22.2. The first-order chi connectivity index (χ1) is 13.8. The van der Waals surface area contributed by atoms with E-state index in [1.165, 1.54) is 12.8 Å². The Bertz CT molecular complexity index is 416. The summed E-state index contributed by atoms with van der Waals surface area (Å²) in [6.45, 7) is 5.35. The van der Waals surface area contributed by atoms with Gasteiger partial charge in [-0.1, -0.05) is 12.2 Å². The van der Waals surface area contributed by atoms with Gasteiger partial charge in [0.25, 0.3) is 0 Å². The molecule has 162 valence electrons. The van der Waals surface area contributed by atoms with Crippen LogP contribution in [0.3, 0.4) is 0 Å². The van der Waals surface area contributed by atoms with Crippen LogP contribution in [0.1, 0.15) is 25.7 Å². The van der Waals surface area contributed by atoms with Crippen molar-refractivity contribution in [3.63, 3.8) is 0 Å². The fourth-order valence-corrected chi connectivity index (χ4v) is 5.17. The Hall–Kier alpha value is -0.500. The van der Waals surface area contributed by atoms with Crippen molar-refractivity contribution >= 4 is 0 Å². The molecule has 6 heteroatoms. The van der Waals surface area contributed by atoms with Gasteiger partial charge in [0, 0.05) is 27.4 Å². The SMILES string of the molecule is COC[C@H]1C[C@@H]2C[C@H]3OCCOC/C=C\COCCO[C@@H]3C[C@@H]2C[C@@H]1COC. The number of rotatable bonds is 4. The van der Waals surface area contributed by atoms with E-state index in [1.807, 2.05) is 12.2 Å². The van der Waals surface area contributed by atoms with E-state index in [0.717, 1.165) is 26.1 Å². The smallest absolute Gasteiger partial charge is 0.0840 e. The molecule has 0 unspecified atom stereocenters. The summed E-state index contributed by atoms with van der Waals surface area (Å²) in [5.41, 5.74) is 0. The average Bonchev–Trinajstić information content (AvgIpc) is 2.69. The van der Waals surface area contributed by atoms with E-state index in [-0.39, 0.29) is 12.2 Å². The second kappa shape index (κ2) is 12.3. The number of ether oxygens (including phenoxy) is 6. The molecule has 0 radical (unpaired) electrons. The van der Waals surface area contributed by atoms with Gasteiger partial charge in [-0.25, -0.2) is 0 Å². The van der Waals surface area contributed by atoms with Gasteiger partial charge in [0.15, 0.2) is 0 Å². The third-order valence-corrected chi connectivity index (χ3v) is 6.50. The fourth-order valence-electron chi connectivity index (χ4n) is 5.17. The molecular weight excluding hydrogens is 360 g/mol. The van der Waals surface area contributed by atoms with E-state index in [4.69, 9.17) is 28.4 Å². The molecule has 0 bridgehead atoms. The van der Waals surface area contributed by atoms with Crippen molar-refractivity contribution in [3.05, 3.63) is 12.2 Å². The summed E-state index contributed by atoms with van der Waals surface area (Å²) in [5.74, 6) is 2.51. The molecule has 1 heterocycles. The van der Waals surface area contributed by atoms with Crippen molar-refractivity contribution < 1.29 is 28.4 Å². The van der Waals surface area contributed by atoms with Crippen molar-refractivity contribution in [1.29, 1.82) is 0 Å². The Morgan fingerprint density at radius 1 is 0.679 bits per heavy atom. The maximum absolute atomic E-state index is 6.24. The van der Waals surface area contributed by atoms with Crippen molar-refractivity contribution in [2.24, 2.45) is 23.7 Å². The van der Waals surface area contributed by atoms with Crippen LogP contribution in [-0.4, -0.2) is 79.3 Å². The predicted octanol–water partition coefficient (Wildman–Crippen LogP) is 2.71. The van der Waals surface area contributed by atoms with Gasteiger partial charge in [0.05, 0.1) is 51.8 Å². The molecule has 0 amide bonds. The van der Waals surface area contributed by atoms with Gasteiger partial charge in [-0.2, -0.15) is 0 Å². The molecule has 2 aliphatic carbocycles. The van der Waals surface area contributed by atoms with Gasteiger partial charge in [-0.15, -0.1) is 0 Å². The summed E-state index contributed by atoms with van der Waals surface area (Å²) >= 11 is 0. The van der Waals surface area contributed by atoms with E-state index >= 15 is 0 Å². The molecule has 2 fully saturated rings. The summed E-state index contributed by atoms with van der Waals surface area (Å²) < 4.78 is 34.7. The van der Waals surface area contributed by atoms with E-state index in [0.29, 0.717) is 63.3 Å². The van der Waals surface area contributed by atoms with Crippen LogP contribution in [0.5, 0.6) is 0 Å². The topological polar surface area (TPSA) is 55.4 Å². The third kappa shape index (κ3) is 6.51. The molecular formula is C22H38O6. The molecule has 2 saturated carbocycles. The Morgan fingerprint density at radius 2 is 1.14 bits per heavy atom. The lowest BCUT2D eigenvalue weighted by atomic mass is 9.62. The Balaban J connectivity index is 1.61. The number of methoxy groups -OCH3 is 2.